The minimum Gasteiger partial charge on any atom is -0.323 e. The standard InChI is InChI=1S/C16H15N5/c1-11(18)13-7-6-12(10-19-13)21-15-5-3-2-4-14(15)20-16(21)8-9-17/h2-7,10-11H,8,18H2,1H3/t11-/m1/s1. The van der Waals surface area contributed by atoms with Gasteiger partial charge in [-0.25, -0.2) is 4.98 Å². The molecule has 0 bridgehead atoms. The van der Waals surface area contributed by atoms with Gasteiger partial charge in [-0.15, -0.1) is 0 Å². The number of nitrogens with zero attached hydrogens (tertiary/aromatic N) is 4. The van der Waals surface area contributed by atoms with Crippen molar-refractivity contribution in [1.82, 2.24) is 14.5 Å². The van der Waals surface area contributed by atoms with Crippen molar-refractivity contribution in [1.29, 1.82) is 5.26 Å². The van der Waals surface area contributed by atoms with Crippen molar-refractivity contribution in [3.05, 3.63) is 54.1 Å². The minimum absolute atomic E-state index is 0.0999. The van der Waals surface area contributed by atoms with Crippen LogP contribution in [0.25, 0.3) is 16.7 Å². The van der Waals surface area contributed by atoms with E-state index in [-0.39, 0.29) is 12.5 Å². The zero-order valence-electron chi connectivity index (χ0n) is 11.7. The SMILES string of the molecule is C[C@@H](N)c1ccc(-n2c(CC#N)nc3ccccc32)cn1. The number of rotatable bonds is 3. The van der Waals surface area contributed by atoms with Gasteiger partial charge < -0.3 is 5.73 Å². The Kier molecular flexibility index (Phi) is 3.38. The molecule has 0 aliphatic heterocycles. The maximum absolute atomic E-state index is 9.00. The lowest BCUT2D eigenvalue weighted by Gasteiger charge is -2.09. The minimum atomic E-state index is -0.0999. The summed E-state index contributed by atoms with van der Waals surface area (Å²) in [4.78, 5) is 8.91. The first-order valence-corrected chi connectivity index (χ1v) is 6.76. The summed E-state index contributed by atoms with van der Waals surface area (Å²) in [5.74, 6) is 0.717. The highest BCUT2D eigenvalue weighted by atomic mass is 15.1. The van der Waals surface area contributed by atoms with E-state index in [4.69, 9.17) is 11.0 Å². The molecular formula is C16H15N5. The maximum Gasteiger partial charge on any atom is 0.128 e. The fourth-order valence-corrected chi connectivity index (χ4v) is 2.35. The quantitative estimate of drug-likeness (QED) is 0.797. The molecule has 5 heteroatoms. The largest absolute Gasteiger partial charge is 0.323 e. The number of pyridine rings is 1. The highest BCUT2D eigenvalue weighted by Crippen LogP contribution is 2.22. The molecule has 0 spiro atoms. The molecule has 0 saturated carbocycles. The molecule has 3 rings (SSSR count). The van der Waals surface area contributed by atoms with Gasteiger partial charge in [-0.05, 0) is 31.2 Å². The topological polar surface area (TPSA) is 80.5 Å². The Balaban J connectivity index is 2.18. The summed E-state index contributed by atoms with van der Waals surface area (Å²) in [6.45, 7) is 1.90. The van der Waals surface area contributed by atoms with E-state index < -0.39 is 0 Å². The van der Waals surface area contributed by atoms with Crippen molar-refractivity contribution in [3.8, 4) is 11.8 Å². The van der Waals surface area contributed by atoms with Crippen LogP contribution in [0.3, 0.4) is 0 Å². The van der Waals surface area contributed by atoms with E-state index >= 15 is 0 Å². The van der Waals surface area contributed by atoms with Crippen LogP contribution in [-0.2, 0) is 6.42 Å². The van der Waals surface area contributed by atoms with E-state index in [0.29, 0.717) is 5.82 Å². The fourth-order valence-electron chi connectivity index (χ4n) is 2.35. The summed E-state index contributed by atoms with van der Waals surface area (Å²) >= 11 is 0. The van der Waals surface area contributed by atoms with Crippen molar-refractivity contribution in [2.45, 2.75) is 19.4 Å². The second-order valence-corrected chi connectivity index (χ2v) is 4.92. The predicted molar refractivity (Wildman–Crippen MR) is 80.8 cm³/mol. The molecule has 0 unspecified atom stereocenters. The van der Waals surface area contributed by atoms with E-state index in [1.807, 2.05) is 47.9 Å². The van der Waals surface area contributed by atoms with Gasteiger partial charge in [0.15, 0.2) is 0 Å². The highest BCUT2D eigenvalue weighted by Gasteiger charge is 2.12. The Hall–Kier alpha value is -2.71. The zero-order chi connectivity index (χ0) is 14.8. The molecular weight excluding hydrogens is 262 g/mol. The highest BCUT2D eigenvalue weighted by molar-refractivity contribution is 5.78. The van der Waals surface area contributed by atoms with Gasteiger partial charge in [-0.2, -0.15) is 5.26 Å². The first-order chi connectivity index (χ1) is 10.2. The number of hydrogen-bond acceptors (Lipinski definition) is 4. The number of fused-ring (bicyclic) bond motifs is 1. The van der Waals surface area contributed by atoms with Gasteiger partial charge in [0.05, 0.1) is 41.1 Å². The molecule has 1 aromatic carbocycles. The molecule has 0 aliphatic carbocycles. The summed E-state index contributed by atoms with van der Waals surface area (Å²) in [6.07, 6.45) is 2.03. The first kappa shape index (κ1) is 13.3. The third-order valence-corrected chi connectivity index (χ3v) is 3.36. The lowest BCUT2D eigenvalue weighted by molar-refractivity contribution is 0.778. The molecule has 21 heavy (non-hydrogen) atoms. The number of imidazole rings is 1. The van der Waals surface area contributed by atoms with E-state index in [0.717, 1.165) is 22.4 Å². The van der Waals surface area contributed by atoms with Crippen molar-refractivity contribution in [2.24, 2.45) is 5.73 Å². The molecule has 0 aliphatic rings. The molecule has 0 saturated heterocycles. The first-order valence-electron chi connectivity index (χ1n) is 6.76. The second kappa shape index (κ2) is 5.35. The van der Waals surface area contributed by atoms with E-state index in [1.165, 1.54) is 0 Å². The smallest absolute Gasteiger partial charge is 0.128 e. The zero-order valence-corrected chi connectivity index (χ0v) is 11.7. The van der Waals surface area contributed by atoms with Crippen LogP contribution in [0.2, 0.25) is 0 Å². The molecule has 0 amide bonds. The average molecular weight is 277 g/mol. The summed E-state index contributed by atoms with van der Waals surface area (Å²) in [5, 5.41) is 9.00. The molecule has 5 nitrogen and oxygen atoms in total. The van der Waals surface area contributed by atoms with Crippen LogP contribution in [0.15, 0.2) is 42.6 Å². The molecule has 3 aromatic rings. The van der Waals surface area contributed by atoms with Gasteiger partial charge in [0.25, 0.3) is 0 Å². The third kappa shape index (κ3) is 2.37. The van der Waals surface area contributed by atoms with Gasteiger partial charge in [0.2, 0.25) is 0 Å². The van der Waals surface area contributed by atoms with Gasteiger partial charge in [-0.1, -0.05) is 12.1 Å². The predicted octanol–water partition coefficient (Wildman–Crippen LogP) is 2.51. The molecule has 2 heterocycles. The van der Waals surface area contributed by atoms with Crippen LogP contribution in [0.4, 0.5) is 0 Å². The Morgan fingerprint density at radius 2 is 2.10 bits per heavy atom. The second-order valence-electron chi connectivity index (χ2n) is 4.92. The van der Waals surface area contributed by atoms with E-state index in [9.17, 15) is 0 Å². The Bertz CT molecular complexity index is 809. The van der Waals surface area contributed by atoms with Gasteiger partial charge in [0, 0.05) is 6.04 Å². The monoisotopic (exact) mass is 277 g/mol. The number of nitrogens with two attached hydrogens (primary N) is 1. The molecule has 0 radical (unpaired) electrons. The van der Waals surface area contributed by atoms with Crippen LogP contribution in [0.5, 0.6) is 0 Å². The lowest BCUT2D eigenvalue weighted by Crippen LogP contribution is -2.08. The number of aromatic nitrogens is 3. The molecule has 1 atom stereocenters. The molecule has 2 N–H and O–H groups in total. The Labute approximate surface area is 122 Å². The summed E-state index contributed by atoms with van der Waals surface area (Å²) in [6, 6.07) is 13.8. The summed E-state index contributed by atoms with van der Waals surface area (Å²) in [7, 11) is 0. The number of nitriles is 1. The Morgan fingerprint density at radius 3 is 2.76 bits per heavy atom. The number of para-hydroxylation sites is 2. The molecule has 2 aromatic heterocycles. The molecule has 0 fully saturated rings. The normalized spacial score (nSPS) is 12.2. The van der Waals surface area contributed by atoms with Crippen LogP contribution in [0, 0.1) is 11.3 Å². The fraction of sp³-hybridized carbons (Fsp3) is 0.188. The van der Waals surface area contributed by atoms with Crippen molar-refractivity contribution >= 4 is 11.0 Å². The number of hydrogen-bond donors (Lipinski definition) is 1. The van der Waals surface area contributed by atoms with E-state index in [1.54, 1.807) is 6.20 Å². The third-order valence-electron chi connectivity index (χ3n) is 3.36. The lowest BCUT2D eigenvalue weighted by atomic mass is 10.2. The maximum atomic E-state index is 9.00. The summed E-state index contributed by atoms with van der Waals surface area (Å²) in [5.41, 5.74) is 9.40. The van der Waals surface area contributed by atoms with Gasteiger partial charge in [0.1, 0.15) is 5.82 Å². The summed E-state index contributed by atoms with van der Waals surface area (Å²) < 4.78 is 1.97. The van der Waals surface area contributed by atoms with Crippen molar-refractivity contribution in [3.63, 3.8) is 0 Å². The number of benzene rings is 1. The van der Waals surface area contributed by atoms with Crippen LogP contribution in [0.1, 0.15) is 24.5 Å². The van der Waals surface area contributed by atoms with Crippen LogP contribution in [-0.4, -0.2) is 14.5 Å². The average Bonchev–Trinajstić information content (AvgIpc) is 2.85. The molecule has 104 valence electrons. The Morgan fingerprint density at radius 1 is 1.29 bits per heavy atom. The van der Waals surface area contributed by atoms with Crippen molar-refractivity contribution < 1.29 is 0 Å². The van der Waals surface area contributed by atoms with Crippen molar-refractivity contribution in [2.75, 3.05) is 0 Å². The van der Waals surface area contributed by atoms with Crippen LogP contribution >= 0.6 is 0 Å². The van der Waals surface area contributed by atoms with E-state index in [2.05, 4.69) is 16.0 Å². The van der Waals surface area contributed by atoms with Gasteiger partial charge in [-0.3, -0.25) is 9.55 Å². The van der Waals surface area contributed by atoms with Gasteiger partial charge >= 0.3 is 0 Å². The van der Waals surface area contributed by atoms with Crippen LogP contribution < -0.4 is 5.73 Å².